The average molecular weight is 176 g/mol. The molecule has 0 aromatic heterocycles. The molecule has 0 saturated heterocycles. The highest BCUT2D eigenvalue weighted by Crippen LogP contribution is 2.21. The van der Waals surface area contributed by atoms with Crippen molar-refractivity contribution in [3.8, 4) is 0 Å². The van der Waals surface area contributed by atoms with Crippen molar-refractivity contribution in [2.24, 2.45) is 5.41 Å². The molecule has 0 spiro atoms. The predicted molar refractivity (Wildman–Crippen MR) is 43.6 cm³/mol. The number of hydrogen-bond donors (Lipinski definition) is 3. The van der Waals surface area contributed by atoms with Crippen molar-refractivity contribution in [3.63, 3.8) is 0 Å². The van der Waals surface area contributed by atoms with Crippen LogP contribution in [0.25, 0.3) is 0 Å². The molecule has 3 N–H and O–H groups in total. The van der Waals surface area contributed by atoms with Gasteiger partial charge in [0.1, 0.15) is 12.7 Å². The second-order valence-corrected chi connectivity index (χ2v) is 3.88. The largest absolute Gasteiger partial charge is 0.389 e. The molecule has 0 saturated carbocycles. The maximum Gasteiger partial charge on any atom is 0.189 e. The normalized spacial score (nSPS) is 17.2. The summed E-state index contributed by atoms with van der Waals surface area (Å²) in [5.74, 6) is -0.752. The minimum Gasteiger partial charge on any atom is -0.389 e. The topological polar surface area (TPSA) is 77.8 Å². The summed E-state index contributed by atoms with van der Waals surface area (Å²) in [4.78, 5) is 10.7. The molecule has 0 aromatic rings. The van der Waals surface area contributed by atoms with E-state index in [4.69, 9.17) is 10.2 Å². The standard InChI is InChI=1S/C8H16O4/c1-8(2,3)7(12)6(11)5(10)4-9/h6-7,9,11-12H,4H2,1-3H3. The lowest BCUT2D eigenvalue weighted by Gasteiger charge is -2.28. The highest BCUT2D eigenvalue weighted by atomic mass is 16.3. The molecule has 0 rings (SSSR count). The summed E-state index contributed by atoms with van der Waals surface area (Å²) in [5, 5.41) is 26.9. The molecule has 2 unspecified atom stereocenters. The Morgan fingerprint density at radius 3 is 2.00 bits per heavy atom. The quantitative estimate of drug-likeness (QED) is 0.532. The Labute approximate surface area is 71.8 Å². The summed E-state index contributed by atoms with van der Waals surface area (Å²) in [5.41, 5.74) is -0.565. The van der Waals surface area contributed by atoms with E-state index in [-0.39, 0.29) is 0 Å². The number of carbonyl (C=O) groups is 1. The summed E-state index contributed by atoms with van der Waals surface area (Å²) >= 11 is 0. The fourth-order valence-electron chi connectivity index (χ4n) is 0.743. The SMILES string of the molecule is CC(C)(C)C(O)C(O)C(=O)CO. The maximum absolute atomic E-state index is 10.7. The third kappa shape index (κ3) is 2.89. The van der Waals surface area contributed by atoms with Crippen molar-refractivity contribution in [2.75, 3.05) is 6.61 Å². The molecule has 0 heterocycles. The molecule has 0 bridgehead atoms. The zero-order valence-electron chi connectivity index (χ0n) is 7.61. The Morgan fingerprint density at radius 1 is 1.33 bits per heavy atom. The van der Waals surface area contributed by atoms with Gasteiger partial charge in [0.2, 0.25) is 0 Å². The van der Waals surface area contributed by atoms with Gasteiger partial charge in [0.25, 0.3) is 0 Å². The molecule has 4 heteroatoms. The minimum atomic E-state index is -1.49. The van der Waals surface area contributed by atoms with Gasteiger partial charge in [0, 0.05) is 0 Å². The van der Waals surface area contributed by atoms with Gasteiger partial charge >= 0.3 is 0 Å². The van der Waals surface area contributed by atoms with Gasteiger partial charge in [-0.2, -0.15) is 0 Å². The van der Waals surface area contributed by atoms with Crippen LogP contribution in [0, 0.1) is 5.41 Å². The van der Waals surface area contributed by atoms with Crippen LogP contribution in [-0.2, 0) is 4.79 Å². The maximum atomic E-state index is 10.7. The van der Waals surface area contributed by atoms with E-state index in [0.29, 0.717) is 0 Å². The highest BCUT2D eigenvalue weighted by Gasteiger charge is 2.32. The van der Waals surface area contributed by atoms with Gasteiger partial charge in [-0.15, -0.1) is 0 Å². The van der Waals surface area contributed by atoms with Crippen molar-refractivity contribution in [1.29, 1.82) is 0 Å². The fourth-order valence-corrected chi connectivity index (χ4v) is 0.743. The van der Waals surface area contributed by atoms with Crippen LogP contribution in [0.3, 0.4) is 0 Å². The molecule has 0 aliphatic rings. The van der Waals surface area contributed by atoms with Gasteiger partial charge in [-0.25, -0.2) is 0 Å². The first-order chi connectivity index (χ1) is 5.30. The zero-order chi connectivity index (χ0) is 9.94. The Bertz CT molecular complexity index is 159. The van der Waals surface area contributed by atoms with Crippen molar-refractivity contribution in [3.05, 3.63) is 0 Å². The third-order valence-corrected chi connectivity index (χ3v) is 1.67. The molecular weight excluding hydrogens is 160 g/mol. The predicted octanol–water partition coefficient (Wildman–Crippen LogP) is -0.684. The van der Waals surface area contributed by atoms with Crippen molar-refractivity contribution >= 4 is 5.78 Å². The lowest BCUT2D eigenvalue weighted by molar-refractivity contribution is -0.140. The monoisotopic (exact) mass is 176 g/mol. The van der Waals surface area contributed by atoms with Crippen LogP contribution in [0.1, 0.15) is 20.8 Å². The fraction of sp³-hybridized carbons (Fsp3) is 0.875. The first kappa shape index (κ1) is 11.6. The van der Waals surface area contributed by atoms with E-state index in [9.17, 15) is 9.90 Å². The number of carbonyl (C=O) groups excluding carboxylic acids is 1. The summed E-state index contributed by atoms with van der Waals surface area (Å²) in [6, 6.07) is 0. The first-order valence-electron chi connectivity index (χ1n) is 3.80. The molecule has 0 aliphatic heterocycles. The Balaban J connectivity index is 4.29. The first-order valence-corrected chi connectivity index (χ1v) is 3.80. The van der Waals surface area contributed by atoms with Crippen LogP contribution < -0.4 is 0 Å². The Morgan fingerprint density at radius 2 is 1.75 bits per heavy atom. The summed E-state index contributed by atoms with van der Waals surface area (Å²) in [6.07, 6.45) is -2.63. The number of Topliss-reactive ketones (excluding diaryl/α,β-unsaturated/α-hetero) is 1. The lowest BCUT2D eigenvalue weighted by Crippen LogP contribution is -2.43. The number of aliphatic hydroxyl groups excluding tert-OH is 3. The van der Waals surface area contributed by atoms with Crippen molar-refractivity contribution < 1.29 is 20.1 Å². The van der Waals surface area contributed by atoms with Crippen molar-refractivity contribution in [2.45, 2.75) is 33.0 Å². The summed E-state index contributed by atoms with van der Waals surface area (Å²) < 4.78 is 0. The van der Waals surface area contributed by atoms with E-state index >= 15 is 0 Å². The average Bonchev–Trinajstić information content (AvgIpc) is 1.98. The van der Waals surface area contributed by atoms with E-state index in [1.165, 1.54) is 0 Å². The van der Waals surface area contributed by atoms with Crippen LogP contribution in [0.4, 0.5) is 0 Å². The van der Waals surface area contributed by atoms with Gasteiger partial charge in [0.15, 0.2) is 5.78 Å². The van der Waals surface area contributed by atoms with Gasteiger partial charge < -0.3 is 15.3 Å². The number of ketones is 1. The molecule has 4 nitrogen and oxygen atoms in total. The van der Waals surface area contributed by atoms with E-state index in [0.717, 1.165) is 0 Å². The molecular formula is C8H16O4. The molecule has 0 aromatic carbocycles. The third-order valence-electron chi connectivity index (χ3n) is 1.67. The van der Waals surface area contributed by atoms with Gasteiger partial charge in [-0.1, -0.05) is 20.8 Å². The van der Waals surface area contributed by atoms with Crippen LogP contribution >= 0.6 is 0 Å². The zero-order valence-corrected chi connectivity index (χ0v) is 7.61. The highest BCUT2D eigenvalue weighted by molar-refractivity contribution is 5.84. The summed E-state index contributed by atoms with van der Waals surface area (Å²) in [6.45, 7) is 4.36. The second-order valence-electron chi connectivity index (χ2n) is 3.88. The second kappa shape index (κ2) is 3.98. The van der Waals surface area contributed by atoms with Crippen LogP contribution in [0.5, 0.6) is 0 Å². The van der Waals surface area contributed by atoms with Crippen molar-refractivity contribution in [1.82, 2.24) is 0 Å². The van der Waals surface area contributed by atoms with Crippen LogP contribution in [-0.4, -0.2) is 39.9 Å². The molecule has 72 valence electrons. The van der Waals surface area contributed by atoms with Crippen LogP contribution in [0.15, 0.2) is 0 Å². The Kier molecular flexibility index (Phi) is 3.83. The number of aliphatic hydroxyl groups is 3. The summed E-state index contributed by atoms with van der Waals surface area (Å²) in [7, 11) is 0. The smallest absolute Gasteiger partial charge is 0.189 e. The van der Waals surface area contributed by atoms with Gasteiger partial charge in [-0.05, 0) is 5.41 Å². The molecule has 0 amide bonds. The molecule has 0 fully saturated rings. The molecule has 12 heavy (non-hydrogen) atoms. The minimum absolute atomic E-state index is 0.565. The number of hydrogen-bond acceptors (Lipinski definition) is 4. The van der Waals surface area contributed by atoms with Gasteiger partial charge in [0.05, 0.1) is 6.10 Å². The van der Waals surface area contributed by atoms with E-state index in [1.54, 1.807) is 20.8 Å². The Hall–Kier alpha value is -0.450. The van der Waals surface area contributed by atoms with Gasteiger partial charge in [-0.3, -0.25) is 4.79 Å². The van der Waals surface area contributed by atoms with Crippen LogP contribution in [0.2, 0.25) is 0 Å². The molecule has 2 atom stereocenters. The van der Waals surface area contributed by atoms with E-state index in [1.807, 2.05) is 0 Å². The molecule has 0 aliphatic carbocycles. The van der Waals surface area contributed by atoms with E-state index < -0.39 is 30.0 Å². The number of rotatable bonds is 3. The molecule has 0 radical (unpaired) electrons. The van der Waals surface area contributed by atoms with E-state index in [2.05, 4.69) is 0 Å². The lowest BCUT2D eigenvalue weighted by atomic mass is 9.85.